The van der Waals surface area contributed by atoms with Crippen molar-refractivity contribution in [2.45, 2.75) is 0 Å². The molecule has 0 amide bonds. The Kier molecular flexibility index (Phi) is 270. The molecule has 0 saturated carbocycles. The van der Waals surface area contributed by atoms with Gasteiger partial charge in [-0.05, 0) is 0 Å². The van der Waals surface area contributed by atoms with Crippen molar-refractivity contribution in [3.05, 3.63) is 0 Å². The van der Waals surface area contributed by atoms with Gasteiger partial charge >= 0.3 is 26.2 Å². The molecule has 0 saturated heterocycles. The smallest absolute Gasteiger partial charge is 0.832 e. The molecule has 0 aromatic rings. The molecule has 0 aromatic carbocycles. The van der Waals surface area contributed by atoms with Crippen molar-refractivity contribution in [3.8, 4) is 0 Å². The molecule has 0 unspecified atom stereocenters. The van der Waals surface area contributed by atoms with E-state index in [1.807, 2.05) is 0 Å². The largest absolute Gasteiger partial charge is 1.00 e. The summed E-state index contributed by atoms with van der Waals surface area (Å²) in [4.78, 5) is 0. The Morgan fingerprint density at radius 3 is 0.889 bits per heavy atom. The summed E-state index contributed by atoms with van der Waals surface area (Å²) < 4.78 is 0. The Bertz CT molecular complexity index is 20.5. The first-order valence-corrected chi connectivity index (χ1v) is 0.752. The van der Waals surface area contributed by atoms with Crippen LogP contribution in [0.25, 0.3) is 0 Å². The molecule has 0 spiro atoms. The van der Waals surface area contributed by atoms with Crippen LogP contribution in [0.3, 0.4) is 0 Å². The number of rotatable bonds is 0. The molecular formula is H6BF4LiO3. The van der Waals surface area contributed by atoms with Crippen LogP contribution in [-0.2, 0) is 0 Å². The van der Waals surface area contributed by atoms with Crippen molar-refractivity contribution in [1.29, 1.82) is 0 Å². The molecule has 0 aromatic heterocycles. The van der Waals surface area contributed by atoms with Crippen LogP contribution in [0.1, 0.15) is 0 Å². The first kappa shape index (κ1) is 59.4. The molecule has 0 aliphatic rings. The molecule has 0 heterocycles. The van der Waals surface area contributed by atoms with Crippen LogP contribution in [0.2, 0.25) is 0 Å². The fraction of sp³-hybridized carbons (Fsp3) is 0. The van der Waals surface area contributed by atoms with Crippen molar-refractivity contribution < 1.29 is 52.8 Å². The van der Waals surface area contributed by atoms with Gasteiger partial charge in [-0.25, -0.2) is 0 Å². The molecule has 2 N–H and O–H groups in total. The third-order valence-corrected chi connectivity index (χ3v) is 0. The van der Waals surface area contributed by atoms with Crippen molar-refractivity contribution in [2.75, 3.05) is 0 Å². The van der Waals surface area contributed by atoms with Gasteiger partial charge in [-0.15, -0.1) is 0 Å². The maximum atomic E-state index is 8.64. The predicted octanol–water partition coefficient (Wildman–Crippen LogP) is -5.07. The first-order valence-electron chi connectivity index (χ1n) is 0.752. The molecule has 0 bridgehead atoms. The minimum Gasteiger partial charge on any atom is -0.832 e. The third kappa shape index (κ3) is 4710. The van der Waals surface area contributed by atoms with Gasteiger partial charge in [0.1, 0.15) is 0 Å². The molecule has 0 rings (SSSR count). The molecular weight excluding hydrogens is 142 g/mol. The molecule has 0 radical (unpaired) electrons. The van der Waals surface area contributed by atoms with Gasteiger partial charge in [-0.1, -0.05) is 0 Å². The van der Waals surface area contributed by atoms with E-state index >= 15 is 0 Å². The predicted molar refractivity (Wildman–Crippen MR) is 20.2 cm³/mol. The molecule has 0 fully saturated rings. The van der Waals surface area contributed by atoms with Crippen LogP contribution in [0.15, 0.2) is 0 Å². The summed E-state index contributed by atoms with van der Waals surface area (Å²) in [5, 5.41) is 22.8. The third-order valence-electron chi connectivity index (χ3n) is 0. The van der Waals surface area contributed by atoms with Crippen LogP contribution in [0.5, 0.6) is 0 Å². The van der Waals surface area contributed by atoms with E-state index in [1.54, 1.807) is 0 Å². The van der Waals surface area contributed by atoms with Crippen LogP contribution < -0.4 is 23.9 Å². The quantitative estimate of drug-likeness (QED) is 0.267. The van der Waals surface area contributed by atoms with Gasteiger partial charge in [-0.2, -0.15) is 0 Å². The van der Waals surface area contributed by atoms with E-state index in [0.29, 0.717) is 0 Å². The summed E-state index contributed by atoms with van der Waals surface area (Å²) in [7, 11) is -2.42. The van der Waals surface area contributed by atoms with E-state index in [-0.39, 0.29) is 37.7 Å². The van der Waals surface area contributed by atoms with E-state index < -0.39 is 7.32 Å². The zero-order chi connectivity index (χ0) is 3.58. The van der Waals surface area contributed by atoms with Crippen LogP contribution in [-0.4, -0.2) is 17.4 Å². The second kappa shape index (κ2) is 40.9. The molecule has 0 aliphatic heterocycles. The average molecular weight is 148 g/mol. The minimum absolute atomic E-state index is 0. The zero-order valence-electron chi connectivity index (χ0n) is 4.51. The summed E-state index contributed by atoms with van der Waals surface area (Å²) in [6.45, 7) is 0. The topological polar surface area (TPSA) is 63.5 Å². The summed E-state index contributed by atoms with van der Waals surface area (Å²) >= 11 is 0. The Hall–Kier alpha value is 0.262. The fourth-order valence-corrected chi connectivity index (χ4v) is 0. The van der Waals surface area contributed by atoms with Gasteiger partial charge < -0.3 is 15.1 Å². The molecule has 3 nitrogen and oxygen atoms in total. The number of halogens is 4. The second-order valence-electron chi connectivity index (χ2n) is 0.326. The standard InChI is InChI=1S/BH2O3.4FH.Li/c2-1(3)4;;;;;/h2-3H;4*1H;/q-1;;;;;+1. The first-order chi connectivity index (χ1) is 1.73. The van der Waals surface area contributed by atoms with Crippen LogP contribution >= 0.6 is 0 Å². The van der Waals surface area contributed by atoms with Crippen molar-refractivity contribution in [3.63, 3.8) is 0 Å². The number of hydrogen-bond donors (Lipinski definition) is 2. The fourth-order valence-electron chi connectivity index (χ4n) is 0. The molecule has 0 atom stereocenters. The van der Waals surface area contributed by atoms with Crippen molar-refractivity contribution >= 4 is 7.32 Å². The average Bonchev–Trinajstić information content (AvgIpc) is 0.811. The Morgan fingerprint density at radius 1 is 0.889 bits per heavy atom. The summed E-state index contributed by atoms with van der Waals surface area (Å²) in [5.41, 5.74) is 0. The van der Waals surface area contributed by atoms with Gasteiger partial charge in [0.2, 0.25) is 0 Å². The van der Waals surface area contributed by atoms with Gasteiger partial charge in [-0.3, -0.25) is 18.8 Å². The maximum absolute atomic E-state index is 8.64. The van der Waals surface area contributed by atoms with E-state index in [4.69, 9.17) is 15.1 Å². The molecule has 0 aliphatic carbocycles. The van der Waals surface area contributed by atoms with E-state index in [1.165, 1.54) is 0 Å². The van der Waals surface area contributed by atoms with Crippen molar-refractivity contribution in [2.24, 2.45) is 0 Å². The van der Waals surface area contributed by atoms with E-state index in [9.17, 15) is 0 Å². The molecule has 9 heteroatoms. The molecule has 9 heavy (non-hydrogen) atoms. The van der Waals surface area contributed by atoms with Crippen molar-refractivity contribution in [1.82, 2.24) is 0 Å². The monoisotopic (exact) mass is 148 g/mol. The van der Waals surface area contributed by atoms with E-state index in [0.717, 1.165) is 0 Å². The van der Waals surface area contributed by atoms with Crippen LogP contribution in [0.4, 0.5) is 18.8 Å². The normalized spacial score (nSPS) is 3.00. The summed E-state index contributed by atoms with van der Waals surface area (Å²) in [6, 6.07) is 0. The minimum atomic E-state index is -2.42. The van der Waals surface area contributed by atoms with E-state index in [2.05, 4.69) is 0 Å². The Labute approximate surface area is 60.9 Å². The zero-order valence-corrected chi connectivity index (χ0v) is 4.51. The van der Waals surface area contributed by atoms with Gasteiger partial charge in [0, 0.05) is 0 Å². The van der Waals surface area contributed by atoms with Gasteiger partial charge in [0.15, 0.2) is 0 Å². The Morgan fingerprint density at radius 2 is 0.889 bits per heavy atom. The van der Waals surface area contributed by atoms with Gasteiger partial charge in [0.05, 0.1) is 0 Å². The Balaban J connectivity index is -0.00000000450. The summed E-state index contributed by atoms with van der Waals surface area (Å²) in [5.74, 6) is 0. The van der Waals surface area contributed by atoms with Gasteiger partial charge in [0.25, 0.3) is 0 Å². The number of hydrogen-bond acceptors (Lipinski definition) is 3. The van der Waals surface area contributed by atoms with Crippen LogP contribution in [0, 0.1) is 0 Å². The maximum Gasteiger partial charge on any atom is 1.00 e. The summed E-state index contributed by atoms with van der Waals surface area (Å²) in [6.07, 6.45) is 0. The molecule has 56 valence electrons. The SMILES string of the molecule is F.F.F.F.[Li+].[O-]B(O)O. The second-order valence-corrected chi connectivity index (χ2v) is 0.326.